The van der Waals surface area contributed by atoms with E-state index in [-0.39, 0.29) is 47.2 Å². The van der Waals surface area contributed by atoms with E-state index in [0.29, 0.717) is 48.5 Å². The highest BCUT2D eigenvalue weighted by Gasteiger charge is 2.43. The minimum Gasteiger partial charge on any atom is -0.744 e. The Balaban J connectivity index is 0.875. The summed E-state index contributed by atoms with van der Waals surface area (Å²) in [5, 5.41) is 18.5. The van der Waals surface area contributed by atoms with Crippen LogP contribution in [-0.2, 0) is 37.1 Å². The van der Waals surface area contributed by atoms with E-state index in [4.69, 9.17) is 16.3 Å². The van der Waals surface area contributed by atoms with Crippen molar-refractivity contribution < 1.29 is 41.8 Å². The zero-order chi connectivity index (χ0) is 57.1. The van der Waals surface area contributed by atoms with Gasteiger partial charge in [-0.25, -0.2) is 13.2 Å². The summed E-state index contributed by atoms with van der Waals surface area (Å²) in [4.78, 5) is 53.9. The average Bonchev–Trinajstić information content (AvgIpc) is 4.01. The third-order valence-corrected chi connectivity index (χ3v) is 16.0. The van der Waals surface area contributed by atoms with Gasteiger partial charge in [-0.15, -0.1) is 0 Å². The molecule has 79 heavy (non-hydrogen) atoms. The lowest BCUT2D eigenvalue weighted by Crippen LogP contribution is -2.36. The fourth-order valence-electron chi connectivity index (χ4n) is 10.4. The molecule has 0 bridgehead atoms. The number of allylic oxidation sites excluding steroid dienone is 6. The number of fused-ring (bicyclic) bond motifs is 2. The van der Waals surface area contributed by atoms with Crippen molar-refractivity contribution in [2.75, 3.05) is 37.0 Å². The largest absolute Gasteiger partial charge is 0.744 e. The minimum absolute atomic E-state index is 0.0214. The van der Waals surface area contributed by atoms with Gasteiger partial charge < -0.3 is 39.8 Å². The second kappa shape index (κ2) is 26.1. The molecule has 0 saturated carbocycles. The van der Waals surface area contributed by atoms with Gasteiger partial charge in [0, 0.05) is 65.2 Å². The Hall–Kier alpha value is -7.27. The number of carbonyl (C=O) groups is 3. The van der Waals surface area contributed by atoms with Gasteiger partial charge in [-0.1, -0.05) is 123 Å². The lowest BCUT2D eigenvalue weighted by Gasteiger charge is -2.27. The fourth-order valence-corrected chi connectivity index (χ4v) is 11.1. The molecular weight excluding hydrogens is 1040 g/mol. The normalized spacial score (nSPS) is 15.4. The molecule has 3 amide bonds. The number of amides is 3. The number of anilines is 2. The molecule has 1 atom stereocenters. The van der Waals surface area contributed by atoms with Crippen molar-refractivity contribution in [1.82, 2.24) is 15.2 Å². The molecule has 0 radical (unpaired) electrons. The number of unbranched alkanes of at least 4 members (excludes halogenated alkanes) is 5. The molecule has 17 heteroatoms. The molecule has 0 aliphatic carbocycles. The summed E-state index contributed by atoms with van der Waals surface area (Å²) in [6.07, 6.45) is 17.1. The topological polar surface area (TPSA) is 202 Å². The molecule has 0 unspecified atom stereocenters. The van der Waals surface area contributed by atoms with E-state index in [9.17, 15) is 37.3 Å². The summed E-state index contributed by atoms with van der Waals surface area (Å²) in [7, 11) is -2.56. The Morgan fingerprint density at radius 2 is 1.56 bits per heavy atom. The molecular formula is C62H73ClN6O9S. The number of carboxylic acids is 1. The number of hydrogen-bond acceptors (Lipinski definition) is 9. The predicted octanol–water partition coefficient (Wildman–Crippen LogP) is 11.5. The number of urea groups is 1. The van der Waals surface area contributed by atoms with Crippen LogP contribution in [0, 0.1) is 13.8 Å². The van der Waals surface area contributed by atoms with Gasteiger partial charge >= 0.3 is 12.0 Å². The molecule has 0 fully saturated rings. The number of nitrogens with zero attached hydrogens (tertiary/aromatic N) is 3. The maximum absolute atomic E-state index is 13.9. The van der Waals surface area contributed by atoms with Crippen LogP contribution >= 0.6 is 11.6 Å². The summed E-state index contributed by atoms with van der Waals surface area (Å²) in [5.74, 6) is -0.956. The highest BCUT2D eigenvalue weighted by Crippen LogP contribution is 2.49. The molecule has 15 nitrogen and oxygen atoms in total. The zero-order valence-corrected chi connectivity index (χ0v) is 47.8. The second-order valence-corrected chi connectivity index (χ2v) is 23.2. The molecule has 1 aromatic heterocycles. The van der Waals surface area contributed by atoms with Crippen molar-refractivity contribution in [2.24, 2.45) is 0 Å². The lowest BCUT2D eigenvalue weighted by molar-refractivity contribution is -0.401. The van der Waals surface area contributed by atoms with E-state index in [1.807, 2.05) is 57.2 Å². The second-order valence-electron chi connectivity index (χ2n) is 21.5. The predicted molar refractivity (Wildman–Crippen MR) is 311 cm³/mol. The zero-order valence-electron chi connectivity index (χ0n) is 46.2. The summed E-state index contributed by atoms with van der Waals surface area (Å²) in [6.45, 7) is 14.1. The highest BCUT2D eigenvalue weighted by atomic mass is 35.5. The van der Waals surface area contributed by atoms with Gasteiger partial charge in [0.2, 0.25) is 11.6 Å². The van der Waals surface area contributed by atoms with E-state index in [1.54, 1.807) is 48.7 Å². The van der Waals surface area contributed by atoms with Crippen molar-refractivity contribution >= 4 is 62.4 Å². The molecule has 418 valence electrons. The van der Waals surface area contributed by atoms with Crippen LogP contribution in [0.5, 0.6) is 5.75 Å². The maximum atomic E-state index is 13.9. The first kappa shape index (κ1) is 59.4. The molecule has 2 aliphatic rings. The number of aromatic nitrogens is 1. The monoisotopic (exact) mass is 1110 g/mol. The number of ether oxygens (including phenoxy) is 1. The summed E-state index contributed by atoms with van der Waals surface area (Å²) < 4.78 is 46.0. The Morgan fingerprint density at radius 3 is 2.29 bits per heavy atom. The quantitative estimate of drug-likeness (QED) is 0.0188. The molecule has 0 saturated heterocycles. The van der Waals surface area contributed by atoms with Gasteiger partial charge in [0.05, 0.1) is 35.9 Å². The number of aliphatic carboxylic acids is 1. The summed E-state index contributed by atoms with van der Waals surface area (Å²) in [6, 6.07) is 25.4. The molecule has 0 spiro atoms. The number of carboxylic acid groups (broad SMARTS) is 1. The first-order chi connectivity index (χ1) is 37.6. The number of hydrogen-bond donors (Lipinski definition) is 4. The van der Waals surface area contributed by atoms with E-state index in [2.05, 4.69) is 83.6 Å². The third kappa shape index (κ3) is 14.9. The van der Waals surface area contributed by atoms with Crippen LogP contribution in [0.3, 0.4) is 0 Å². The highest BCUT2D eigenvalue weighted by molar-refractivity contribution is 7.85. The van der Waals surface area contributed by atoms with Crippen LogP contribution in [0.25, 0.3) is 0 Å². The average molecular weight is 1110 g/mol. The standard InChI is InChI=1S/C62H73ClN6O9S/c1-42-25-28-44(29-26-42)50(40-57(71)72)65-60(74)66-58-53(33-36-68(59(58)73)41-45-20-15-16-21-49(45)63)78-37-19-9-8-17-34-64-56(70)24-14-11-18-35-69-52-32-30-46(79(75,76)77)39-48(52)62(5,6)55(69)23-13-10-12-22-54-61(3,4)47-38-43(2)27-31-51(47)67(54)7/h10,12-13,15-16,20-23,25-33,36,38-39,50H,8-9,11,14,17-19,24,34-35,37,40-41H2,1-7H3,(H4-,64,65,66,70,71,72,74,75,76,77)/t50-/m0/s1. The van der Waals surface area contributed by atoms with Crippen LogP contribution in [0.4, 0.5) is 21.9 Å². The number of aryl methyl sites for hydroxylation is 2. The number of carbonyl (C=O) groups excluding carboxylic acids is 2. The van der Waals surface area contributed by atoms with E-state index >= 15 is 0 Å². The number of halogens is 1. The van der Waals surface area contributed by atoms with Crippen LogP contribution in [0.1, 0.15) is 125 Å². The molecule has 3 heterocycles. The SMILES string of the molecule is Cc1ccc([C@H](CC(=O)O)NC(=O)Nc2c(OCCCCCCNC(=O)CCCCCN3C(=CC=CC=CC4=[N+](C)c5ccc(C)cc5C4(C)C)C(C)(C)c4cc(S(=O)(=O)[O-])ccc43)ccn(Cc3ccccc3Cl)c2=O)cc1. The van der Waals surface area contributed by atoms with Gasteiger partial charge in [0.25, 0.3) is 5.56 Å². The van der Waals surface area contributed by atoms with E-state index in [1.165, 1.54) is 39.2 Å². The van der Waals surface area contributed by atoms with Gasteiger partial charge in [0.15, 0.2) is 11.4 Å². The first-order valence-electron chi connectivity index (χ1n) is 26.9. The minimum atomic E-state index is -4.66. The van der Waals surface area contributed by atoms with Crippen molar-refractivity contribution in [3.8, 4) is 5.75 Å². The summed E-state index contributed by atoms with van der Waals surface area (Å²) in [5.41, 5.74) is 8.41. The lowest BCUT2D eigenvalue weighted by atomic mass is 9.81. The van der Waals surface area contributed by atoms with Crippen molar-refractivity contribution in [3.63, 3.8) is 0 Å². The third-order valence-electron chi connectivity index (χ3n) is 14.8. The molecule has 2 aliphatic heterocycles. The van der Waals surface area contributed by atoms with Crippen LogP contribution in [-0.4, -0.2) is 77.6 Å². The molecule has 7 rings (SSSR count). The number of benzene rings is 4. The van der Waals surface area contributed by atoms with Gasteiger partial charge in [0.1, 0.15) is 22.9 Å². The van der Waals surface area contributed by atoms with E-state index in [0.717, 1.165) is 54.6 Å². The Bertz CT molecular complexity index is 3360. The Morgan fingerprint density at radius 1 is 0.835 bits per heavy atom. The van der Waals surface area contributed by atoms with Gasteiger partial charge in [-0.05, 0) is 113 Å². The smallest absolute Gasteiger partial charge is 0.319 e. The number of rotatable bonds is 25. The van der Waals surface area contributed by atoms with Crippen LogP contribution in [0.15, 0.2) is 143 Å². The van der Waals surface area contributed by atoms with Crippen LogP contribution < -0.4 is 31.1 Å². The van der Waals surface area contributed by atoms with Crippen LogP contribution in [0.2, 0.25) is 5.02 Å². The Labute approximate surface area is 469 Å². The summed E-state index contributed by atoms with van der Waals surface area (Å²) >= 11 is 6.41. The van der Waals surface area contributed by atoms with E-state index < -0.39 is 39.1 Å². The number of nitrogens with one attached hydrogen (secondary N) is 3. The molecule has 4 aromatic carbocycles. The fraction of sp³-hybridized carbons (Fsp3) is 0.371. The first-order valence-corrected chi connectivity index (χ1v) is 28.7. The van der Waals surface area contributed by atoms with Crippen molar-refractivity contribution in [3.05, 3.63) is 182 Å². The molecule has 5 aromatic rings. The maximum Gasteiger partial charge on any atom is 0.319 e. The van der Waals surface area contributed by atoms with Crippen molar-refractivity contribution in [2.45, 2.75) is 128 Å². The van der Waals surface area contributed by atoms with Gasteiger partial charge in [-0.3, -0.25) is 14.4 Å². The van der Waals surface area contributed by atoms with Gasteiger partial charge in [-0.2, -0.15) is 4.58 Å². The Kier molecular flexibility index (Phi) is 19.6. The number of pyridine rings is 1. The molecule has 4 N–H and O–H groups in total. The van der Waals surface area contributed by atoms with Crippen molar-refractivity contribution in [1.29, 1.82) is 0 Å².